The molecule has 0 bridgehead atoms. The van der Waals surface area contributed by atoms with Crippen molar-refractivity contribution in [3.05, 3.63) is 74.4 Å². The lowest BCUT2D eigenvalue weighted by molar-refractivity contribution is 0.112. The Kier molecular flexibility index (Phi) is 5.52. The average Bonchev–Trinajstić information content (AvgIpc) is 2.60. The largest absolute Gasteiger partial charge is 0.349 e. The summed E-state index contributed by atoms with van der Waals surface area (Å²) in [5, 5.41) is 0. The Morgan fingerprint density at radius 3 is 2.33 bits per heavy atom. The van der Waals surface area contributed by atoms with E-state index in [1.54, 1.807) is 7.05 Å². The maximum Gasteiger partial charge on any atom is 0.332 e. The molecule has 2 aromatic rings. The fourth-order valence-corrected chi connectivity index (χ4v) is 2.61. The molecule has 0 amide bonds. The van der Waals surface area contributed by atoms with Crippen molar-refractivity contribution >= 4 is 12.1 Å². The van der Waals surface area contributed by atoms with Crippen LogP contribution < -0.4 is 16.1 Å². The highest BCUT2D eigenvalue weighted by molar-refractivity contribution is 5.82. The number of aromatic nitrogens is 2. The van der Waals surface area contributed by atoms with E-state index in [1.165, 1.54) is 11.6 Å². The summed E-state index contributed by atoms with van der Waals surface area (Å²) in [5.41, 5.74) is -0.0345. The Bertz CT molecular complexity index is 864. The summed E-state index contributed by atoms with van der Waals surface area (Å²) >= 11 is 0. The van der Waals surface area contributed by atoms with Crippen molar-refractivity contribution < 1.29 is 4.79 Å². The summed E-state index contributed by atoms with van der Waals surface area (Å²) in [6.45, 7) is 2.85. The fraction of sp³-hybridized carbons (Fsp3) is 0.278. The van der Waals surface area contributed by atoms with Crippen molar-refractivity contribution in [2.75, 3.05) is 11.4 Å². The summed E-state index contributed by atoms with van der Waals surface area (Å²) in [6, 6.07) is 9.69. The van der Waals surface area contributed by atoms with Crippen LogP contribution >= 0.6 is 0 Å². The number of benzene rings is 1. The van der Waals surface area contributed by atoms with E-state index in [1.807, 2.05) is 54.3 Å². The zero-order valence-electron chi connectivity index (χ0n) is 14.1. The standard InChI is InChI=1S/C18H21N3O3/c1-4-5-11-21(12-14-9-7-6-8-10-14)16-15(13-22)17(23)20(3)18(24)19(16)2/h4-10,13H,11-12H2,1-3H3/b5-4+. The van der Waals surface area contributed by atoms with Gasteiger partial charge in [-0.3, -0.25) is 18.7 Å². The highest BCUT2D eigenvalue weighted by Crippen LogP contribution is 2.17. The molecule has 0 unspecified atom stereocenters. The van der Waals surface area contributed by atoms with Crippen molar-refractivity contribution in [1.29, 1.82) is 0 Å². The molecule has 6 heteroatoms. The fourth-order valence-electron chi connectivity index (χ4n) is 2.61. The minimum Gasteiger partial charge on any atom is -0.349 e. The third-order valence-electron chi connectivity index (χ3n) is 3.86. The Hall–Kier alpha value is -2.89. The number of nitrogens with zero attached hydrogens (tertiary/aromatic N) is 3. The van der Waals surface area contributed by atoms with Gasteiger partial charge in [-0.1, -0.05) is 42.5 Å². The lowest BCUT2D eigenvalue weighted by Gasteiger charge is -2.27. The molecule has 24 heavy (non-hydrogen) atoms. The van der Waals surface area contributed by atoms with Crippen LogP contribution in [0.2, 0.25) is 0 Å². The molecule has 0 saturated heterocycles. The molecule has 2 rings (SSSR count). The third-order valence-corrected chi connectivity index (χ3v) is 3.86. The van der Waals surface area contributed by atoms with Crippen molar-refractivity contribution in [2.45, 2.75) is 13.5 Å². The molecule has 126 valence electrons. The molecule has 0 fully saturated rings. The van der Waals surface area contributed by atoms with Gasteiger partial charge >= 0.3 is 5.69 Å². The molecule has 0 atom stereocenters. The monoisotopic (exact) mass is 327 g/mol. The van der Waals surface area contributed by atoms with Gasteiger partial charge in [0.1, 0.15) is 11.4 Å². The van der Waals surface area contributed by atoms with Gasteiger partial charge in [0.25, 0.3) is 5.56 Å². The lowest BCUT2D eigenvalue weighted by atomic mass is 10.2. The van der Waals surface area contributed by atoms with Gasteiger partial charge in [-0.05, 0) is 12.5 Å². The number of hydrogen-bond donors (Lipinski definition) is 0. The summed E-state index contributed by atoms with van der Waals surface area (Å²) in [4.78, 5) is 37.9. The first kappa shape index (κ1) is 17.5. The predicted molar refractivity (Wildman–Crippen MR) is 94.6 cm³/mol. The summed E-state index contributed by atoms with van der Waals surface area (Å²) < 4.78 is 2.29. The number of carbonyl (C=O) groups is 1. The van der Waals surface area contributed by atoms with Crippen molar-refractivity contribution in [3.8, 4) is 0 Å². The Morgan fingerprint density at radius 1 is 1.08 bits per heavy atom. The Morgan fingerprint density at radius 2 is 1.75 bits per heavy atom. The lowest BCUT2D eigenvalue weighted by Crippen LogP contribution is -2.43. The van der Waals surface area contributed by atoms with Crippen LogP contribution in [0.3, 0.4) is 0 Å². The van der Waals surface area contributed by atoms with Crippen molar-refractivity contribution in [2.24, 2.45) is 14.1 Å². The molecule has 0 aliphatic carbocycles. The molecule has 1 aromatic carbocycles. The molecule has 0 radical (unpaired) electrons. The van der Waals surface area contributed by atoms with E-state index in [2.05, 4.69) is 0 Å². The van der Waals surface area contributed by atoms with E-state index < -0.39 is 11.2 Å². The average molecular weight is 327 g/mol. The second-order valence-corrected chi connectivity index (χ2v) is 5.50. The number of allylic oxidation sites excluding steroid dienone is 1. The van der Waals surface area contributed by atoms with Crippen LogP contribution in [0, 0.1) is 0 Å². The highest BCUT2D eigenvalue weighted by Gasteiger charge is 2.20. The van der Waals surface area contributed by atoms with E-state index >= 15 is 0 Å². The van der Waals surface area contributed by atoms with Gasteiger partial charge in [0, 0.05) is 27.2 Å². The highest BCUT2D eigenvalue weighted by atomic mass is 16.2. The number of hydrogen-bond acceptors (Lipinski definition) is 4. The van der Waals surface area contributed by atoms with Crippen LogP contribution in [0.15, 0.2) is 52.1 Å². The van der Waals surface area contributed by atoms with E-state index in [0.717, 1.165) is 10.1 Å². The van der Waals surface area contributed by atoms with Gasteiger partial charge in [-0.25, -0.2) is 4.79 Å². The maximum atomic E-state index is 12.3. The van der Waals surface area contributed by atoms with Crippen LogP contribution in [-0.4, -0.2) is 22.0 Å². The SMILES string of the molecule is C/C=C/CN(Cc1ccccc1)c1c(C=O)c(=O)n(C)c(=O)n1C. The van der Waals surface area contributed by atoms with Gasteiger partial charge in [0.15, 0.2) is 6.29 Å². The van der Waals surface area contributed by atoms with E-state index in [-0.39, 0.29) is 5.56 Å². The quantitative estimate of drug-likeness (QED) is 0.595. The molecule has 1 aromatic heterocycles. The summed E-state index contributed by atoms with van der Waals surface area (Å²) in [6.07, 6.45) is 4.32. The van der Waals surface area contributed by atoms with Gasteiger partial charge in [0.05, 0.1) is 0 Å². The second kappa shape index (κ2) is 7.59. The van der Waals surface area contributed by atoms with Gasteiger partial charge < -0.3 is 4.90 Å². The van der Waals surface area contributed by atoms with Crippen LogP contribution in [0.25, 0.3) is 0 Å². The first-order chi connectivity index (χ1) is 11.5. The Labute approximate surface area is 140 Å². The molecule has 0 saturated carbocycles. The second-order valence-electron chi connectivity index (χ2n) is 5.50. The predicted octanol–water partition coefficient (Wildman–Crippen LogP) is 1.48. The van der Waals surface area contributed by atoms with Crippen molar-refractivity contribution in [3.63, 3.8) is 0 Å². The molecule has 0 spiro atoms. The number of carbonyl (C=O) groups excluding carboxylic acids is 1. The molecule has 0 aliphatic rings. The zero-order chi connectivity index (χ0) is 17.7. The minimum absolute atomic E-state index is 0.0139. The maximum absolute atomic E-state index is 12.3. The topological polar surface area (TPSA) is 64.3 Å². The van der Waals surface area contributed by atoms with Crippen LogP contribution in [0.4, 0.5) is 5.82 Å². The normalized spacial score (nSPS) is 11.0. The van der Waals surface area contributed by atoms with Gasteiger partial charge in [-0.15, -0.1) is 0 Å². The third kappa shape index (κ3) is 3.37. The number of anilines is 1. The zero-order valence-corrected chi connectivity index (χ0v) is 14.1. The molecule has 6 nitrogen and oxygen atoms in total. The van der Waals surface area contributed by atoms with E-state index in [0.29, 0.717) is 25.2 Å². The van der Waals surface area contributed by atoms with Crippen LogP contribution in [-0.2, 0) is 20.6 Å². The first-order valence-electron chi connectivity index (χ1n) is 7.66. The van der Waals surface area contributed by atoms with Gasteiger partial charge in [0.2, 0.25) is 0 Å². The van der Waals surface area contributed by atoms with Crippen molar-refractivity contribution in [1.82, 2.24) is 9.13 Å². The van der Waals surface area contributed by atoms with E-state index in [9.17, 15) is 14.4 Å². The minimum atomic E-state index is -0.582. The molecule has 0 aliphatic heterocycles. The molecule has 0 N–H and O–H groups in total. The van der Waals surface area contributed by atoms with E-state index in [4.69, 9.17) is 0 Å². The van der Waals surface area contributed by atoms with Crippen LogP contribution in [0.5, 0.6) is 0 Å². The molecular formula is C18H21N3O3. The number of aldehydes is 1. The van der Waals surface area contributed by atoms with Gasteiger partial charge in [-0.2, -0.15) is 0 Å². The smallest absolute Gasteiger partial charge is 0.332 e. The summed E-state index contributed by atoms with van der Waals surface area (Å²) in [7, 11) is 2.94. The van der Waals surface area contributed by atoms with Crippen LogP contribution in [0.1, 0.15) is 22.8 Å². The number of rotatable bonds is 6. The summed E-state index contributed by atoms with van der Waals surface area (Å²) in [5.74, 6) is 0.333. The first-order valence-corrected chi connectivity index (χ1v) is 7.66. The Balaban J connectivity index is 2.63. The molecular weight excluding hydrogens is 306 g/mol. The molecule has 1 heterocycles.